The number of hydrogen-bond acceptors (Lipinski definition) is 6. The maximum atomic E-state index is 12.5. The summed E-state index contributed by atoms with van der Waals surface area (Å²) in [5, 5.41) is 7.62. The molecule has 2 atom stereocenters. The van der Waals surface area contributed by atoms with Gasteiger partial charge in [0, 0.05) is 30.6 Å². The Bertz CT molecular complexity index is 804. The Balaban J connectivity index is 1.51. The molecule has 1 aromatic carbocycles. The van der Waals surface area contributed by atoms with E-state index in [1.807, 2.05) is 42.6 Å². The fraction of sp³-hybridized carbons (Fsp3) is 0.455. The third-order valence-corrected chi connectivity index (χ3v) is 6.11. The largest absolute Gasteiger partial charge is 0.497 e. The van der Waals surface area contributed by atoms with E-state index in [2.05, 4.69) is 21.6 Å². The van der Waals surface area contributed by atoms with E-state index in [0.717, 1.165) is 24.4 Å². The van der Waals surface area contributed by atoms with Crippen LogP contribution in [-0.4, -0.2) is 62.7 Å². The summed E-state index contributed by atoms with van der Waals surface area (Å²) in [5.41, 5.74) is 1.06. The monoisotopic (exact) mass is 431 g/mol. The van der Waals surface area contributed by atoms with Crippen molar-refractivity contribution in [1.29, 1.82) is 0 Å². The van der Waals surface area contributed by atoms with Gasteiger partial charge in [0.1, 0.15) is 5.75 Å². The highest BCUT2D eigenvalue weighted by atomic mass is 32.1. The molecule has 0 bridgehead atoms. The topological polar surface area (TPSA) is 79.9 Å². The van der Waals surface area contributed by atoms with Crippen LogP contribution in [0.1, 0.15) is 23.4 Å². The van der Waals surface area contributed by atoms with Crippen LogP contribution in [-0.2, 0) is 20.7 Å². The predicted octanol–water partition coefficient (Wildman–Crippen LogP) is 1.99. The number of thiophene rings is 1. The molecule has 7 nitrogen and oxygen atoms in total. The first-order valence-electron chi connectivity index (χ1n) is 10.2. The first-order valence-corrected chi connectivity index (χ1v) is 11.0. The highest BCUT2D eigenvalue weighted by molar-refractivity contribution is 7.10. The minimum Gasteiger partial charge on any atom is -0.497 e. The van der Waals surface area contributed by atoms with E-state index in [4.69, 9.17) is 9.47 Å². The van der Waals surface area contributed by atoms with Crippen molar-refractivity contribution in [3.8, 4) is 5.75 Å². The summed E-state index contributed by atoms with van der Waals surface area (Å²) < 4.78 is 10.6. The van der Waals surface area contributed by atoms with Gasteiger partial charge in [0.05, 0.1) is 26.4 Å². The summed E-state index contributed by atoms with van der Waals surface area (Å²) in [4.78, 5) is 28.2. The van der Waals surface area contributed by atoms with Gasteiger partial charge in [0.15, 0.2) is 0 Å². The number of rotatable bonds is 8. The van der Waals surface area contributed by atoms with Crippen molar-refractivity contribution in [2.24, 2.45) is 0 Å². The Morgan fingerprint density at radius 3 is 2.53 bits per heavy atom. The summed E-state index contributed by atoms with van der Waals surface area (Å²) in [6, 6.07) is 11.5. The van der Waals surface area contributed by atoms with Crippen molar-refractivity contribution < 1.29 is 19.1 Å². The lowest BCUT2D eigenvalue weighted by Gasteiger charge is -2.37. The van der Waals surface area contributed by atoms with Crippen LogP contribution in [0.5, 0.6) is 5.75 Å². The minimum absolute atomic E-state index is 0.0185. The molecule has 8 heteroatoms. The van der Waals surface area contributed by atoms with Crippen LogP contribution >= 0.6 is 11.3 Å². The summed E-state index contributed by atoms with van der Waals surface area (Å²) in [6.07, 6.45) is 0.643. The van der Waals surface area contributed by atoms with Gasteiger partial charge < -0.3 is 20.1 Å². The fourth-order valence-corrected chi connectivity index (χ4v) is 4.57. The van der Waals surface area contributed by atoms with Gasteiger partial charge in [-0.3, -0.25) is 14.5 Å². The van der Waals surface area contributed by atoms with Gasteiger partial charge in [0.25, 0.3) is 0 Å². The average molecular weight is 432 g/mol. The Kier molecular flexibility index (Phi) is 8.24. The second-order valence-electron chi connectivity index (χ2n) is 7.22. The Morgan fingerprint density at radius 2 is 1.90 bits per heavy atom. The number of morpholine rings is 1. The van der Waals surface area contributed by atoms with Crippen molar-refractivity contribution >= 4 is 23.2 Å². The fourth-order valence-electron chi connectivity index (χ4n) is 3.60. The van der Waals surface area contributed by atoms with E-state index in [9.17, 15) is 9.59 Å². The number of methoxy groups -OCH3 is 1. The van der Waals surface area contributed by atoms with Gasteiger partial charge in [-0.15, -0.1) is 11.3 Å². The molecule has 2 N–H and O–H groups in total. The number of benzene rings is 1. The molecule has 2 amide bonds. The zero-order chi connectivity index (χ0) is 21.3. The van der Waals surface area contributed by atoms with Crippen molar-refractivity contribution in [3.63, 3.8) is 0 Å². The number of carbonyl (C=O) groups is 2. The van der Waals surface area contributed by atoms with E-state index in [-0.39, 0.29) is 12.1 Å². The second kappa shape index (κ2) is 11.1. The maximum Gasteiger partial charge on any atom is 0.309 e. The Morgan fingerprint density at radius 1 is 1.17 bits per heavy atom. The van der Waals surface area contributed by atoms with Crippen molar-refractivity contribution in [1.82, 2.24) is 15.5 Å². The first kappa shape index (κ1) is 22.3. The predicted molar refractivity (Wildman–Crippen MR) is 117 cm³/mol. The van der Waals surface area contributed by atoms with E-state index in [1.54, 1.807) is 18.4 Å². The number of hydrogen-bond donors (Lipinski definition) is 2. The van der Waals surface area contributed by atoms with Gasteiger partial charge in [-0.05, 0) is 42.5 Å². The summed E-state index contributed by atoms with van der Waals surface area (Å²) in [7, 11) is 1.62. The molecule has 1 fully saturated rings. The molecule has 0 unspecified atom stereocenters. The van der Waals surface area contributed by atoms with Crippen molar-refractivity contribution in [3.05, 3.63) is 52.2 Å². The number of nitrogens with zero attached hydrogens (tertiary/aromatic N) is 1. The summed E-state index contributed by atoms with van der Waals surface area (Å²) in [5.74, 6) is -0.425. The molecule has 2 aromatic rings. The molecule has 0 spiro atoms. The van der Waals surface area contributed by atoms with E-state index >= 15 is 0 Å². The quantitative estimate of drug-likeness (QED) is 0.625. The lowest BCUT2D eigenvalue weighted by Crippen LogP contribution is -2.51. The molecule has 30 heavy (non-hydrogen) atoms. The zero-order valence-electron chi connectivity index (χ0n) is 17.4. The molecule has 0 aliphatic carbocycles. The minimum atomic E-state index is -0.609. The molecule has 1 aliphatic rings. The summed E-state index contributed by atoms with van der Waals surface area (Å²) in [6.45, 7) is 5.30. The van der Waals surface area contributed by atoms with Gasteiger partial charge >= 0.3 is 11.8 Å². The molecule has 0 radical (unpaired) electrons. The smallest absolute Gasteiger partial charge is 0.309 e. The molecule has 0 saturated carbocycles. The summed E-state index contributed by atoms with van der Waals surface area (Å²) >= 11 is 1.66. The van der Waals surface area contributed by atoms with Gasteiger partial charge in [-0.25, -0.2) is 0 Å². The average Bonchev–Trinajstić information content (AvgIpc) is 3.29. The molecular weight excluding hydrogens is 402 g/mol. The van der Waals surface area contributed by atoms with Crippen LogP contribution < -0.4 is 15.4 Å². The van der Waals surface area contributed by atoms with Crippen molar-refractivity contribution in [2.45, 2.75) is 25.4 Å². The maximum absolute atomic E-state index is 12.5. The number of amides is 2. The van der Waals surface area contributed by atoms with Crippen LogP contribution in [0.15, 0.2) is 41.8 Å². The van der Waals surface area contributed by atoms with Crippen LogP contribution in [0.3, 0.4) is 0 Å². The second-order valence-corrected chi connectivity index (χ2v) is 8.20. The van der Waals surface area contributed by atoms with Gasteiger partial charge in [-0.2, -0.15) is 0 Å². The van der Waals surface area contributed by atoms with Crippen LogP contribution in [0.25, 0.3) is 0 Å². The van der Waals surface area contributed by atoms with E-state index in [1.165, 1.54) is 4.88 Å². The number of nitrogens with one attached hydrogen (secondary N) is 2. The molecular formula is C22H29N3O4S. The van der Waals surface area contributed by atoms with Gasteiger partial charge in [-0.1, -0.05) is 18.2 Å². The molecule has 1 saturated heterocycles. The highest BCUT2D eigenvalue weighted by Gasteiger charge is 2.30. The lowest BCUT2D eigenvalue weighted by atomic mass is 10.1. The lowest BCUT2D eigenvalue weighted by molar-refractivity contribution is -0.139. The van der Waals surface area contributed by atoms with E-state index in [0.29, 0.717) is 26.2 Å². The van der Waals surface area contributed by atoms with E-state index < -0.39 is 11.8 Å². The number of ether oxygens (including phenoxy) is 2. The molecule has 162 valence electrons. The molecule has 1 aliphatic heterocycles. The molecule has 2 heterocycles. The number of carbonyl (C=O) groups excluding carboxylic acids is 2. The molecule has 1 aromatic heterocycles. The molecule has 3 rings (SSSR count). The zero-order valence-corrected chi connectivity index (χ0v) is 18.2. The Hall–Kier alpha value is -2.42. The third-order valence-electron chi connectivity index (χ3n) is 5.17. The van der Waals surface area contributed by atoms with Crippen LogP contribution in [0.2, 0.25) is 0 Å². The normalized spacial score (nSPS) is 16.5. The SMILES string of the molecule is COc1ccc(CCNC(=O)C(=O)N[C@H](C)[C@@H](c2cccs2)N2CCOCC2)cc1. The third kappa shape index (κ3) is 6.04. The first-order chi connectivity index (χ1) is 14.6. The van der Waals surface area contributed by atoms with Gasteiger partial charge in [0.2, 0.25) is 0 Å². The standard InChI is InChI=1S/C22H29N3O4S/c1-16(20(19-4-3-15-30-19)25-11-13-29-14-12-25)24-22(27)21(26)23-10-9-17-5-7-18(28-2)8-6-17/h3-8,15-16,20H,9-14H2,1-2H3,(H,23,26)(H,24,27)/t16-,20+/m1/s1. The highest BCUT2D eigenvalue weighted by Crippen LogP contribution is 2.29. The van der Waals surface area contributed by atoms with Crippen LogP contribution in [0, 0.1) is 0 Å². The van der Waals surface area contributed by atoms with Crippen molar-refractivity contribution in [2.75, 3.05) is 40.0 Å². The Labute approximate surface area is 181 Å². The van der Waals surface area contributed by atoms with Crippen LogP contribution in [0.4, 0.5) is 0 Å².